The van der Waals surface area contributed by atoms with Crippen molar-refractivity contribution in [1.82, 2.24) is 0 Å². The van der Waals surface area contributed by atoms with Gasteiger partial charge in [-0.2, -0.15) is 0 Å². The van der Waals surface area contributed by atoms with E-state index in [9.17, 15) is 0 Å². The molecule has 0 bridgehead atoms. The van der Waals surface area contributed by atoms with Crippen molar-refractivity contribution in [3.8, 4) is 5.75 Å². The molecule has 2 heteroatoms. The zero-order valence-corrected chi connectivity index (χ0v) is 9.49. The summed E-state index contributed by atoms with van der Waals surface area (Å²) >= 11 is 0. The fourth-order valence-electron chi connectivity index (χ4n) is 2.26. The highest BCUT2D eigenvalue weighted by Crippen LogP contribution is 2.27. The van der Waals surface area contributed by atoms with Gasteiger partial charge in [-0.25, -0.2) is 0 Å². The van der Waals surface area contributed by atoms with Crippen LogP contribution in [-0.2, 0) is 0 Å². The summed E-state index contributed by atoms with van der Waals surface area (Å²) in [6, 6.07) is 8.83. The van der Waals surface area contributed by atoms with Crippen LogP contribution >= 0.6 is 0 Å². The molecule has 1 saturated carbocycles. The molecular formula is C13H19NO. The fourth-order valence-corrected chi connectivity index (χ4v) is 2.26. The molecule has 2 unspecified atom stereocenters. The van der Waals surface area contributed by atoms with Crippen LogP contribution in [0.1, 0.15) is 26.2 Å². The first kappa shape index (κ1) is 10.3. The highest BCUT2D eigenvalue weighted by atomic mass is 16.5. The summed E-state index contributed by atoms with van der Waals surface area (Å²) < 4.78 is 5.13. The van der Waals surface area contributed by atoms with Crippen molar-refractivity contribution in [3.63, 3.8) is 0 Å². The summed E-state index contributed by atoms with van der Waals surface area (Å²) in [5.41, 5.74) is 1.20. The molecule has 0 aliphatic heterocycles. The van der Waals surface area contributed by atoms with Gasteiger partial charge >= 0.3 is 0 Å². The van der Waals surface area contributed by atoms with Crippen molar-refractivity contribution >= 4 is 5.69 Å². The van der Waals surface area contributed by atoms with E-state index in [0.717, 1.165) is 11.7 Å². The van der Waals surface area contributed by atoms with Crippen LogP contribution in [0.5, 0.6) is 5.75 Å². The second-order valence-corrected chi connectivity index (χ2v) is 4.49. The molecule has 1 aromatic rings. The van der Waals surface area contributed by atoms with Gasteiger partial charge in [0.1, 0.15) is 5.75 Å². The Morgan fingerprint density at radius 1 is 1.20 bits per heavy atom. The van der Waals surface area contributed by atoms with Crippen LogP contribution < -0.4 is 10.1 Å². The Morgan fingerprint density at radius 2 is 1.93 bits per heavy atom. The van der Waals surface area contributed by atoms with Crippen LogP contribution in [0.4, 0.5) is 5.69 Å². The summed E-state index contributed by atoms with van der Waals surface area (Å²) in [5, 5.41) is 3.57. The number of nitrogens with one attached hydrogen (secondary N) is 1. The molecule has 2 rings (SSSR count). The van der Waals surface area contributed by atoms with Crippen molar-refractivity contribution in [2.45, 2.75) is 32.2 Å². The lowest BCUT2D eigenvalue weighted by atomic mass is 10.1. The molecule has 0 saturated heterocycles. The largest absolute Gasteiger partial charge is 0.497 e. The van der Waals surface area contributed by atoms with Gasteiger partial charge in [-0.15, -0.1) is 0 Å². The van der Waals surface area contributed by atoms with E-state index in [1.165, 1.54) is 24.9 Å². The maximum atomic E-state index is 5.13. The van der Waals surface area contributed by atoms with E-state index < -0.39 is 0 Å². The maximum absolute atomic E-state index is 5.13. The van der Waals surface area contributed by atoms with Gasteiger partial charge in [0.05, 0.1) is 7.11 Å². The molecule has 0 heterocycles. The van der Waals surface area contributed by atoms with Gasteiger partial charge in [-0.3, -0.25) is 0 Å². The first-order valence-corrected chi connectivity index (χ1v) is 5.68. The molecule has 2 atom stereocenters. The Labute approximate surface area is 91.6 Å². The van der Waals surface area contributed by atoms with Crippen molar-refractivity contribution in [1.29, 1.82) is 0 Å². The zero-order valence-electron chi connectivity index (χ0n) is 9.49. The monoisotopic (exact) mass is 205 g/mol. The first-order chi connectivity index (χ1) is 7.28. The van der Waals surface area contributed by atoms with E-state index >= 15 is 0 Å². The molecule has 1 aromatic carbocycles. The topological polar surface area (TPSA) is 21.3 Å². The predicted octanol–water partition coefficient (Wildman–Crippen LogP) is 3.30. The molecule has 82 valence electrons. The predicted molar refractivity (Wildman–Crippen MR) is 63.4 cm³/mol. The molecule has 0 aromatic heterocycles. The molecule has 2 nitrogen and oxygen atoms in total. The average molecular weight is 205 g/mol. The number of ether oxygens (including phenoxy) is 1. The molecule has 1 aliphatic rings. The van der Waals surface area contributed by atoms with Crippen LogP contribution in [0.3, 0.4) is 0 Å². The number of rotatable bonds is 3. The van der Waals surface area contributed by atoms with E-state index in [1.807, 2.05) is 12.1 Å². The molecule has 0 amide bonds. The van der Waals surface area contributed by atoms with Crippen molar-refractivity contribution in [2.24, 2.45) is 5.92 Å². The summed E-state index contributed by atoms with van der Waals surface area (Å²) in [6.07, 6.45) is 3.95. The molecule has 15 heavy (non-hydrogen) atoms. The Morgan fingerprint density at radius 3 is 2.47 bits per heavy atom. The Hall–Kier alpha value is -1.18. The van der Waals surface area contributed by atoms with E-state index in [0.29, 0.717) is 6.04 Å². The summed E-state index contributed by atoms with van der Waals surface area (Å²) in [5.74, 6) is 1.79. The highest BCUT2D eigenvalue weighted by Gasteiger charge is 2.20. The van der Waals surface area contributed by atoms with Crippen LogP contribution in [-0.4, -0.2) is 13.2 Å². The van der Waals surface area contributed by atoms with E-state index in [4.69, 9.17) is 4.74 Å². The third kappa shape index (κ3) is 2.65. The normalized spacial score (nSPS) is 25.2. The molecule has 0 radical (unpaired) electrons. The van der Waals surface area contributed by atoms with Gasteiger partial charge in [0.25, 0.3) is 0 Å². The van der Waals surface area contributed by atoms with Crippen LogP contribution in [0.25, 0.3) is 0 Å². The minimum atomic E-state index is 0.661. The Bertz CT molecular complexity index is 307. The van der Waals surface area contributed by atoms with Crippen molar-refractivity contribution in [2.75, 3.05) is 12.4 Å². The highest BCUT2D eigenvalue weighted by molar-refractivity contribution is 5.47. The molecular weight excluding hydrogens is 186 g/mol. The first-order valence-electron chi connectivity index (χ1n) is 5.68. The smallest absolute Gasteiger partial charge is 0.119 e. The third-order valence-corrected chi connectivity index (χ3v) is 3.16. The standard InChI is InChI=1S/C13H19NO/c1-10-3-4-12(9-10)14-11-5-7-13(15-2)8-6-11/h5-8,10,12,14H,3-4,9H2,1-2H3. The summed E-state index contributed by atoms with van der Waals surface area (Å²) in [6.45, 7) is 2.33. The van der Waals surface area contributed by atoms with Crippen LogP contribution in [0.2, 0.25) is 0 Å². The van der Waals surface area contributed by atoms with Gasteiger partial charge in [-0.1, -0.05) is 6.92 Å². The molecule has 1 aliphatic carbocycles. The number of anilines is 1. The second kappa shape index (κ2) is 4.56. The second-order valence-electron chi connectivity index (χ2n) is 4.49. The SMILES string of the molecule is COc1ccc(NC2CCC(C)C2)cc1. The summed E-state index contributed by atoms with van der Waals surface area (Å²) in [4.78, 5) is 0. The number of hydrogen-bond donors (Lipinski definition) is 1. The van der Waals surface area contributed by atoms with E-state index in [1.54, 1.807) is 7.11 Å². The van der Waals surface area contributed by atoms with E-state index in [-0.39, 0.29) is 0 Å². The minimum absolute atomic E-state index is 0.661. The average Bonchev–Trinajstić information content (AvgIpc) is 2.65. The fraction of sp³-hybridized carbons (Fsp3) is 0.538. The van der Waals surface area contributed by atoms with Gasteiger partial charge in [0.15, 0.2) is 0 Å². The van der Waals surface area contributed by atoms with Crippen LogP contribution in [0, 0.1) is 5.92 Å². The van der Waals surface area contributed by atoms with Gasteiger partial charge < -0.3 is 10.1 Å². The van der Waals surface area contributed by atoms with Crippen LogP contribution in [0.15, 0.2) is 24.3 Å². The quantitative estimate of drug-likeness (QED) is 0.817. The van der Waals surface area contributed by atoms with Crippen molar-refractivity contribution in [3.05, 3.63) is 24.3 Å². The minimum Gasteiger partial charge on any atom is -0.497 e. The van der Waals surface area contributed by atoms with E-state index in [2.05, 4.69) is 24.4 Å². The number of benzene rings is 1. The maximum Gasteiger partial charge on any atom is 0.119 e. The zero-order chi connectivity index (χ0) is 10.7. The Kier molecular flexibility index (Phi) is 3.14. The lowest BCUT2D eigenvalue weighted by Crippen LogP contribution is -2.14. The number of methoxy groups -OCH3 is 1. The number of hydrogen-bond acceptors (Lipinski definition) is 2. The summed E-state index contributed by atoms with van der Waals surface area (Å²) in [7, 11) is 1.70. The lowest BCUT2D eigenvalue weighted by molar-refractivity contribution is 0.415. The molecule has 1 fully saturated rings. The van der Waals surface area contributed by atoms with Gasteiger partial charge in [0, 0.05) is 11.7 Å². The van der Waals surface area contributed by atoms with Gasteiger partial charge in [0.2, 0.25) is 0 Å². The molecule has 0 spiro atoms. The van der Waals surface area contributed by atoms with Crippen molar-refractivity contribution < 1.29 is 4.74 Å². The molecule has 1 N–H and O–H groups in total. The Balaban J connectivity index is 1.93. The third-order valence-electron chi connectivity index (χ3n) is 3.16. The lowest BCUT2D eigenvalue weighted by Gasteiger charge is -2.14. The van der Waals surface area contributed by atoms with Gasteiger partial charge in [-0.05, 0) is 49.4 Å².